The summed E-state index contributed by atoms with van der Waals surface area (Å²) in [5.41, 5.74) is 1.12. The van der Waals surface area contributed by atoms with Gasteiger partial charge in [0.05, 0.1) is 6.10 Å². The number of hydrogen-bond donors (Lipinski definition) is 1. The second-order valence-corrected chi connectivity index (χ2v) is 5.32. The summed E-state index contributed by atoms with van der Waals surface area (Å²) >= 11 is 12.1. The minimum atomic E-state index is 0.236. The lowest BCUT2D eigenvalue weighted by molar-refractivity contribution is 0.101. The third kappa shape index (κ3) is 5.15. The third-order valence-corrected chi connectivity index (χ3v) is 3.58. The zero-order valence-electron chi connectivity index (χ0n) is 11.2. The number of hydrogen-bond acceptors (Lipinski definition) is 2. The predicted octanol–water partition coefficient (Wildman–Crippen LogP) is 3.94. The summed E-state index contributed by atoms with van der Waals surface area (Å²) in [6.07, 6.45) is 2.08. The molecule has 2 atom stereocenters. The second kappa shape index (κ2) is 8.00. The predicted molar refractivity (Wildman–Crippen MR) is 78.7 cm³/mol. The van der Waals surface area contributed by atoms with Crippen LogP contribution in [0.4, 0.5) is 0 Å². The molecular formula is C14H21Cl2NO. The number of ether oxygens (including phenoxy) is 1. The Bertz CT molecular complexity index is 371. The van der Waals surface area contributed by atoms with Crippen molar-refractivity contribution in [1.29, 1.82) is 0 Å². The molecule has 0 amide bonds. The van der Waals surface area contributed by atoms with Crippen LogP contribution in [0.3, 0.4) is 0 Å². The molecule has 2 nitrogen and oxygen atoms in total. The van der Waals surface area contributed by atoms with Crippen LogP contribution in [0.25, 0.3) is 0 Å². The Morgan fingerprint density at radius 1 is 1.33 bits per heavy atom. The van der Waals surface area contributed by atoms with E-state index in [4.69, 9.17) is 27.9 Å². The van der Waals surface area contributed by atoms with E-state index in [0.717, 1.165) is 30.0 Å². The molecular weight excluding hydrogens is 269 g/mol. The van der Waals surface area contributed by atoms with Crippen molar-refractivity contribution in [3.63, 3.8) is 0 Å². The van der Waals surface area contributed by atoms with Gasteiger partial charge in [-0.05, 0) is 44.0 Å². The molecule has 0 aromatic heterocycles. The zero-order valence-corrected chi connectivity index (χ0v) is 12.7. The molecule has 1 N–H and O–H groups in total. The Balaban J connectivity index is 2.69. The molecule has 0 saturated carbocycles. The van der Waals surface area contributed by atoms with Crippen LogP contribution in [0.15, 0.2) is 18.2 Å². The number of likely N-dealkylation sites (N-methyl/N-ethyl adjacent to an activating group) is 1. The first kappa shape index (κ1) is 15.8. The van der Waals surface area contributed by atoms with Crippen molar-refractivity contribution in [2.75, 3.05) is 13.7 Å². The summed E-state index contributed by atoms with van der Waals surface area (Å²) in [7, 11) is 1.74. The number of halogens is 2. The number of methoxy groups -OCH3 is 1. The van der Waals surface area contributed by atoms with Gasteiger partial charge in [0.2, 0.25) is 0 Å². The van der Waals surface area contributed by atoms with Gasteiger partial charge in [0.15, 0.2) is 0 Å². The monoisotopic (exact) mass is 289 g/mol. The molecule has 0 aliphatic carbocycles. The smallest absolute Gasteiger partial charge is 0.0558 e. The average Bonchev–Trinajstić information content (AvgIpc) is 2.32. The van der Waals surface area contributed by atoms with Gasteiger partial charge < -0.3 is 10.1 Å². The highest BCUT2D eigenvalue weighted by atomic mass is 35.5. The molecule has 102 valence electrons. The van der Waals surface area contributed by atoms with Crippen molar-refractivity contribution in [2.24, 2.45) is 0 Å². The van der Waals surface area contributed by atoms with Crippen molar-refractivity contribution >= 4 is 23.2 Å². The lowest BCUT2D eigenvalue weighted by Crippen LogP contribution is -2.34. The molecule has 1 aromatic carbocycles. The number of nitrogens with one attached hydrogen (secondary N) is 1. The molecule has 0 aliphatic heterocycles. The fourth-order valence-electron chi connectivity index (χ4n) is 1.98. The van der Waals surface area contributed by atoms with E-state index in [1.807, 2.05) is 12.1 Å². The summed E-state index contributed by atoms with van der Waals surface area (Å²) in [5.74, 6) is 0. The van der Waals surface area contributed by atoms with Gasteiger partial charge in [0.1, 0.15) is 0 Å². The van der Waals surface area contributed by atoms with Crippen molar-refractivity contribution < 1.29 is 4.74 Å². The van der Waals surface area contributed by atoms with E-state index in [2.05, 4.69) is 19.2 Å². The molecule has 0 saturated heterocycles. The zero-order chi connectivity index (χ0) is 13.5. The van der Waals surface area contributed by atoms with E-state index in [0.29, 0.717) is 11.1 Å². The highest BCUT2D eigenvalue weighted by molar-refractivity contribution is 6.35. The maximum Gasteiger partial charge on any atom is 0.0558 e. The van der Waals surface area contributed by atoms with Crippen LogP contribution >= 0.6 is 23.2 Å². The van der Waals surface area contributed by atoms with Gasteiger partial charge in [0.25, 0.3) is 0 Å². The van der Waals surface area contributed by atoms with Crippen LogP contribution in [0.5, 0.6) is 0 Å². The number of rotatable bonds is 7. The fourth-order valence-corrected chi connectivity index (χ4v) is 2.46. The van der Waals surface area contributed by atoms with E-state index in [9.17, 15) is 0 Å². The van der Waals surface area contributed by atoms with Gasteiger partial charge in [-0.3, -0.25) is 0 Å². The Kier molecular flexibility index (Phi) is 7.02. The summed E-state index contributed by atoms with van der Waals surface area (Å²) in [4.78, 5) is 0. The molecule has 2 unspecified atom stereocenters. The van der Waals surface area contributed by atoms with Crippen LogP contribution in [0.2, 0.25) is 10.0 Å². The van der Waals surface area contributed by atoms with Crippen LogP contribution in [0, 0.1) is 0 Å². The molecule has 0 fully saturated rings. The van der Waals surface area contributed by atoms with Crippen molar-refractivity contribution in [3.8, 4) is 0 Å². The standard InChI is InChI=1S/C14H21Cl2NO/c1-4-17-13(7-10(2)18-3)8-11-5-6-12(15)9-14(11)16/h5-6,9-10,13,17H,4,7-8H2,1-3H3. The van der Waals surface area contributed by atoms with Crippen LogP contribution in [-0.4, -0.2) is 25.8 Å². The first-order valence-electron chi connectivity index (χ1n) is 6.26. The SMILES string of the molecule is CCNC(Cc1ccc(Cl)cc1Cl)CC(C)OC. The first-order valence-corrected chi connectivity index (χ1v) is 7.02. The average molecular weight is 290 g/mol. The van der Waals surface area contributed by atoms with Crippen molar-refractivity contribution in [2.45, 2.75) is 38.8 Å². The highest BCUT2D eigenvalue weighted by Crippen LogP contribution is 2.23. The van der Waals surface area contributed by atoms with E-state index >= 15 is 0 Å². The molecule has 18 heavy (non-hydrogen) atoms. The normalized spacial score (nSPS) is 14.5. The minimum absolute atomic E-state index is 0.236. The quantitative estimate of drug-likeness (QED) is 0.821. The maximum atomic E-state index is 6.20. The number of benzene rings is 1. The largest absolute Gasteiger partial charge is 0.382 e. The first-order chi connectivity index (χ1) is 8.56. The van der Waals surface area contributed by atoms with Crippen LogP contribution in [-0.2, 0) is 11.2 Å². The van der Waals surface area contributed by atoms with Gasteiger partial charge in [-0.2, -0.15) is 0 Å². The molecule has 4 heteroatoms. The maximum absolute atomic E-state index is 6.20. The summed E-state index contributed by atoms with van der Waals surface area (Å²) in [6, 6.07) is 6.03. The Labute approximate surface area is 120 Å². The molecule has 1 aromatic rings. The third-order valence-electron chi connectivity index (χ3n) is 2.99. The second-order valence-electron chi connectivity index (χ2n) is 4.48. The molecule has 0 radical (unpaired) electrons. The van der Waals surface area contributed by atoms with Gasteiger partial charge in [-0.15, -0.1) is 0 Å². The lowest BCUT2D eigenvalue weighted by Gasteiger charge is -2.21. The summed E-state index contributed by atoms with van der Waals surface area (Å²) < 4.78 is 5.32. The Hall–Kier alpha value is -0.280. The van der Waals surface area contributed by atoms with Gasteiger partial charge in [0, 0.05) is 23.2 Å². The molecule has 1 rings (SSSR count). The highest BCUT2D eigenvalue weighted by Gasteiger charge is 2.14. The molecule has 0 bridgehead atoms. The molecule has 0 aliphatic rings. The summed E-state index contributed by atoms with van der Waals surface area (Å²) in [6.45, 7) is 5.12. The molecule has 0 spiro atoms. The lowest BCUT2D eigenvalue weighted by atomic mass is 10.0. The Morgan fingerprint density at radius 3 is 2.61 bits per heavy atom. The van der Waals surface area contributed by atoms with Gasteiger partial charge in [-0.1, -0.05) is 36.2 Å². The summed E-state index contributed by atoms with van der Waals surface area (Å²) in [5, 5.41) is 4.87. The van der Waals surface area contributed by atoms with E-state index in [1.54, 1.807) is 13.2 Å². The van der Waals surface area contributed by atoms with E-state index in [1.165, 1.54) is 0 Å². The van der Waals surface area contributed by atoms with E-state index in [-0.39, 0.29) is 6.10 Å². The van der Waals surface area contributed by atoms with Gasteiger partial charge >= 0.3 is 0 Å². The Morgan fingerprint density at radius 2 is 2.06 bits per heavy atom. The minimum Gasteiger partial charge on any atom is -0.382 e. The van der Waals surface area contributed by atoms with Crippen LogP contribution in [0.1, 0.15) is 25.8 Å². The topological polar surface area (TPSA) is 21.3 Å². The van der Waals surface area contributed by atoms with Crippen LogP contribution < -0.4 is 5.32 Å². The van der Waals surface area contributed by atoms with Crippen molar-refractivity contribution in [1.82, 2.24) is 5.32 Å². The van der Waals surface area contributed by atoms with Crippen molar-refractivity contribution in [3.05, 3.63) is 33.8 Å². The van der Waals surface area contributed by atoms with Gasteiger partial charge in [-0.25, -0.2) is 0 Å². The van der Waals surface area contributed by atoms with E-state index < -0.39 is 0 Å². The molecule has 0 heterocycles. The fraction of sp³-hybridized carbons (Fsp3) is 0.571.